The van der Waals surface area contributed by atoms with Crippen LogP contribution in [0.3, 0.4) is 0 Å². The minimum Gasteiger partial charge on any atom is -0.468 e. The normalized spacial score (nSPS) is 11.2. The van der Waals surface area contributed by atoms with Crippen LogP contribution in [0.1, 0.15) is 37.5 Å². The summed E-state index contributed by atoms with van der Waals surface area (Å²) in [5, 5.41) is 3.16. The highest BCUT2D eigenvalue weighted by Crippen LogP contribution is 2.12. The molecule has 0 aromatic carbocycles. The molecule has 92 valence electrons. The van der Waals surface area contributed by atoms with Crippen LogP contribution in [0, 0.1) is 0 Å². The molecule has 0 spiro atoms. The predicted molar refractivity (Wildman–Crippen MR) is 67.3 cm³/mol. The Balaban J connectivity index is 2.36. The lowest BCUT2D eigenvalue weighted by Crippen LogP contribution is -2.20. The number of hydrogen-bond donors (Lipinski definition) is 1. The first-order chi connectivity index (χ1) is 7.77. The van der Waals surface area contributed by atoms with Crippen molar-refractivity contribution >= 4 is 0 Å². The average molecular weight is 224 g/mol. The van der Waals surface area contributed by atoms with Gasteiger partial charge < -0.3 is 9.73 Å². The molecule has 1 aromatic rings. The standard InChI is InChI=1S/C13H24N2O/c1-4-5-6-8-15(3)11-13-12(10-14-2)7-9-16-13/h7,9,14H,4-6,8,10-11H2,1-3H3. The van der Waals surface area contributed by atoms with E-state index in [9.17, 15) is 0 Å². The monoisotopic (exact) mass is 224 g/mol. The fourth-order valence-electron chi connectivity index (χ4n) is 1.81. The van der Waals surface area contributed by atoms with Crippen molar-refractivity contribution in [3.8, 4) is 0 Å². The second-order valence-electron chi connectivity index (χ2n) is 4.34. The van der Waals surface area contributed by atoms with Gasteiger partial charge in [-0.3, -0.25) is 4.90 Å². The number of unbranched alkanes of at least 4 members (excludes halogenated alkanes) is 2. The molecule has 0 radical (unpaired) electrons. The molecule has 0 saturated heterocycles. The summed E-state index contributed by atoms with van der Waals surface area (Å²) in [5.41, 5.74) is 1.27. The van der Waals surface area contributed by atoms with Gasteiger partial charge in [0.05, 0.1) is 12.8 Å². The Bertz CT molecular complexity index is 283. The Kier molecular flexibility index (Phi) is 6.19. The third-order valence-corrected chi connectivity index (χ3v) is 2.76. The van der Waals surface area contributed by atoms with Crippen LogP contribution in [-0.2, 0) is 13.1 Å². The lowest BCUT2D eigenvalue weighted by molar-refractivity contribution is 0.287. The topological polar surface area (TPSA) is 28.4 Å². The molecule has 0 atom stereocenters. The number of hydrogen-bond acceptors (Lipinski definition) is 3. The van der Waals surface area contributed by atoms with E-state index in [0.29, 0.717) is 0 Å². The third-order valence-electron chi connectivity index (χ3n) is 2.76. The molecule has 0 aliphatic carbocycles. The second-order valence-corrected chi connectivity index (χ2v) is 4.34. The minimum absolute atomic E-state index is 0.884. The van der Waals surface area contributed by atoms with Crippen LogP contribution in [0.15, 0.2) is 16.7 Å². The quantitative estimate of drug-likeness (QED) is 0.688. The van der Waals surface area contributed by atoms with E-state index in [-0.39, 0.29) is 0 Å². The fraction of sp³-hybridized carbons (Fsp3) is 0.692. The van der Waals surface area contributed by atoms with Crippen molar-refractivity contribution in [3.63, 3.8) is 0 Å². The molecule has 16 heavy (non-hydrogen) atoms. The van der Waals surface area contributed by atoms with Gasteiger partial charge in [0.15, 0.2) is 0 Å². The SMILES string of the molecule is CCCCCN(C)Cc1occc1CNC. The summed E-state index contributed by atoms with van der Waals surface area (Å²) in [6.07, 6.45) is 5.64. The summed E-state index contributed by atoms with van der Waals surface area (Å²) in [6.45, 7) is 5.17. The molecule has 1 N–H and O–H groups in total. The lowest BCUT2D eigenvalue weighted by Gasteiger charge is -2.15. The van der Waals surface area contributed by atoms with Gasteiger partial charge in [-0.05, 0) is 33.1 Å². The van der Waals surface area contributed by atoms with Gasteiger partial charge in [-0.15, -0.1) is 0 Å². The van der Waals surface area contributed by atoms with Crippen molar-refractivity contribution in [2.24, 2.45) is 0 Å². The van der Waals surface area contributed by atoms with Crippen molar-refractivity contribution in [2.75, 3.05) is 20.6 Å². The summed E-state index contributed by atoms with van der Waals surface area (Å²) < 4.78 is 5.51. The van der Waals surface area contributed by atoms with E-state index in [0.717, 1.165) is 25.4 Å². The van der Waals surface area contributed by atoms with Crippen LogP contribution in [0.25, 0.3) is 0 Å². The van der Waals surface area contributed by atoms with E-state index >= 15 is 0 Å². The van der Waals surface area contributed by atoms with E-state index in [1.165, 1.54) is 24.8 Å². The predicted octanol–water partition coefficient (Wildman–Crippen LogP) is 2.62. The smallest absolute Gasteiger partial charge is 0.122 e. The van der Waals surface area contributed by atoms with Crippen LogP contribution >= 0.6 is 0 Å². The zero-order valence-electron chi connectivity index (χ0n) is 10.8. The van der Waals surface area contributed by atoms with E-state index in [4.69, 9.17) is 4.42 Å². The Morgan fingerprint density at radius 1 is 1.38 bits per heavy atom. The number of rotatable bonds is 8. The van der Waals surface area contributed by atoms with Crippen molar-refractivity contribution in [1.82, 2.24) is 10.2 Å². The summed E-state index contributed by atoms with van der Waals surface area (Å²) in [7, 11) is 4.11. The van der Waals surface area contributed by atoms with Crippen LogP contribution < -0.4 is 5.32 Å². The van der Waals surface area contributed by atoms with Gasteiger partial charge in [-0.2, -0.15) is 0 Å². The largest absolute Gasteiger partial charge is 0.468 e. The second kappa shape index (κ2) is 7.47. The molecule has 1 aromatic heterocycles. The van der Waals surface area contributed by atoms with E-state index in [1.807, 2.05) is 13.1 Å². The van der Waals surface area contributed by atoms with Gasteiger partial charge in [0, 0.05) is 12.1 Å². The molecule has 0 unspecified atom stereocenters. The first-order valence-electron chi connectivity index (χ1n) is 6.16. The molecule has 0 aliphatic rings. The van der Waals surface area contributed by atoms with Gasteiger partial charge in [0.2, 0.25) is 0 Å². The van der Waals surface area contributed by atoms with E-state index < -0.39 is 0 Å². The van der Waals surface area contributed by atoms with Crippen molar-refractivity contribution in [1.29, 1.82) is 0 Å². The van der Waals surface area contributed by atoms with Crippen LogP contribution in [0.2, 0.25) is 0 Å². The Hall–Kier alpha value is -0.800. The molecule has 1 heterocycles. The maximum absolute atomic E-state index is 5.51. The highest BCUT2D eigenvalue weighted by Gasteiger charge is 2.08. The van der Waals surface area contributed by atoms with Gasteiger partial charge in [0.25, 0.3) is 0 Å². The molecule has 3 nitrogen and oxygen atoms in total. The van der Waals surface area contributed by atoms with Gasteiger partial charge in [0.1, 0.15) is 5.76 Å². The summed E-state index contributed by atoms with van der Waals surface area (Å²) in [5.74, 6) is 1.09. The number of nitrogens with zero attached hydrogens (tertiary/aromatic N) is 1. The van der Waals surface area contributed by atoms with E-state index in [1.54, 1.807) is 6.26 Å². The van der Waals surface area contributed by atoms with Crippen molar-refractivity contribution < 1.29 is 4.42 Å². The third kappa shape index (κ3) is 4.37. The van der Waals surface area contributed by atoms with Gasteiger partial charge >= 0.3 is 0 Å². The first kappa shape index (κ1) is 13.3. The Labute approximate surface area is 98.8 Å². The van der Waals surface area contributed by atoms with Crippen LogP contribution in [0.5, 0.6) is 0 Å². The first-order valence-corrected chi connectivity index (χ1v) is 6.16. The molecule has 0 aliphatic heterocycles. The van der Waals surface area contributed by atoms with Crippen LogP contribution in [0.4, 0.5) is 0 Å². The maximum atomic E-state index is 5.51. The molecule has 1 rings (SSSR count). The summed E-state index contributed by atoms with van der Waals surface area (Å²) in [4.78, 5) is 2.33. The number of furan rings is 1. The zero-order chi connectivity index (χ0) is 11.8. The Morgan fingerprint density at radius 2 is 2.19 bits per heavy atom. The summed E-state index contributed by atoms with van der Waals surface area (Å²) >= 11 is 0. The number of nitrogens with one attached hydrogen (secondary N) is 1. The average Bonchev–Trinajstić information content (AvgIpc) is 2.67. The molecular formula is C13H24N2O. The minimum atomic E-state index is 0.884. The maximum Gasteiger partial charge on any atom is 0.122 e. The fourth-order valence-corrected chi connectivity index (χ4v) is 1.81. The van der Waals surface area contributed by atoms with Crippen molar-refractivity contribution in [2.45, 2.75) is 39.3 Å². The van der Waals surface area contributed by atoms with Crippen molar-refractivity contribution in [3.05, 3.63) is 23.7 Å². The summed E-state index contributed by atoms with van der Waals surface area (Å²) in [6, 6.07) is 2.05. The molecule has 3 heteroatoms. The highest BCUT2D eigenvalue weighted by molar-refractivity contribution is 5.16. The zero-order valence-corrected chi connectivity index (χ0v) is 10.8. The molecule has 0 saturated carbocycles. The lowest BCUT2D eigenvalue weighted by atomic mass is 10.2. The van der Waals surface area contributed by atoms with E-state index in [2.05, 4.69) is 24.2 Å². The van der Waals surface area contributed by atoms with Crippen LogP contribution in [-0.4, -0.2) is 25.5 Å². The van der Waals surface area contributed by atoms with Gasteiger partial charge in [-0.1, -0.05) is 19.8 Å². The molecular weight excluding hydrogens is 200 g/mol. The highest BCUT2D eigenvalue weighted by atomic mass is 16.3. The Morgan fingerprint density at radius 3 is 2.88 bits per heavy atom. The molecule has 0 bridgehead atoms. The molecule has 0 fully saturated rings. The molecule has 0 amide bonds. The van der Waals surface area contributed by atoms with Gasteiger partial charge in [-0.25, -0.2) is 0 Å².